The van der Waals surface area contributed by atoms with E-state index in [0.29, 0.717) is 18.0 Å². The second-order valence-electron chi connectivity index (χ2n) is 5.56. The van der Waals surface area contributed by atoms with Crippen LogP contribution in [0.4, 0.5) is 0 Å². The Balaban J connectivity index is 1.78. The summed E-state index contributed by atoms with van der Waals surface area (Å²) in [6.45, 7) is 3.15. The molecule has 2 nitrogen and oxygen atoms in total. The van der Waals surface area contributed by atoms with E-state index in [1.165, 1.54) is 24.8 Å². The van der Waals surface area contributed by atoms with Crippen molar-refractivity contribution < 1.29 is 4.74 Å². The summed E-state index contributed by atoms with van der Waals surface area (Å²) in [5.41, 5.74) is 1.28. The van der Waals surface area contributed by atoms with Gasteiger partial charge in [-0.15, -0.1) is 0 Å². The Morgan fingerprint density at radius 3 is 2.78 bits per heavy atom. The van der Waals surface area contributed by atoms with Crippen molar-refractivity contribution in [3.8, 4) is 0 Å². The normalized spacial score (nSPS) is 36.1. The van der Waals surface area contributed by atoms with Gasteiger partial charge in [0.05, 0.1) is 12.7 Å². The molecule has 0 radical (unpaired) electrons. The van der Waals surface area contributed by atoms with Gasteiger partial charge in [-0.05, 0) is 43.4 Å². The maximum Gasteiger partial charge on any atom is 0.0975 e. The molecule has 1 aliphatic heterocycles. The van der Waals surface area contributed by atoms with E-state index >= 15 is 0 Å². The first-order valence-electron chi connectivity index (χ1n) is 6.87. The van der Waals surface area contributed by atoms with Gasteiger partial charge in [0.25, 0.3) is 0 Å². The molecule has 1 N–H and O–H groups in total. The van der Waals surface area contributed by atoms with Crippen molar-refractivity contribution in [1.29, 1.82) is 0 Å². The molecule has 18 heavy (non-hydrogen) atoms. The molecule has 1 aromatic rings. The van der Waals surface area contributed by atoms with E-state index in [4.69, 9.17) is 4.74 Å². The predicted octanol–water partition coefficient (Wildman–Crippen LogP) is 3.67. The molecular formula is C15H20BrNO. The molecule has 3 rings (SSSR count). The lowest BCUT2D eigenvalue weighted by atomic mass is 10.0. The maximum absolute atomic E-state index is 6.18. The topological polar surface area (TPSA) is 21.3 Å². The number of rotatable bonds is 1. The van der Waals surface area contributed by atoms with Gasteiger partial charge in [-0.3, -0.25) is 0 Å². The highest BCUT2D eigenvalue weighted by atomic mass is 79.9. The van der Waals surface area contributed by atoms with Crippen molar-refractivity contribution in [3.05, 3.63) is 34.3 Å². The van der Waals surface area contributed by atoms with Gasteiger partial charge in [0, 0.05) is 16.6 Å². The van der Waals surface area contributed by atoms with E-state index in [1.54, 1.807) is 0 Å². The summed E-state index contributed by atoms with van der Waals surface area (Å²) < 4.78 is 7.30. The first-order chi connectivity index (χ1) is 8.74. The Labute approximate surface area is 117 Å². The summed E-state index contributed by atoms with van der Waals surface area (Å²) in [5.74, 6) is 0.716. The minimum atomic E-state index is 0.184. The van der Waals surface area contributed by atoms with Crippen LogP contribution in [0.25, 0.3) is 0 Å². The molecular weight excluding hydrogens is 290 g/mol. The molecule has 0 amide bonds. The lowest BCUT2D eigenvalue weighted by molar-refractivity contribution is 0.0307. The summed E-state index contributed by atoms with van der Waals surface area (Å²) in [7, 11) is 0. The minimum absolute atomic E-state index is 0.184. The summed E-state index contributed by atoms with van der Waals surface area (Å²) >= 11 is 3.48. The molecule has 0 bridgehead atoms. The lowest BCUT2D eigenvalue weighted by Gasteiger charge is -2.24. The molecule has 0 aromatic heterocycles. The standard InChI is InChI=1S/C15H20BrNO/c1-10-15(11-5-7-13(16)8-6-11)18-9-12-3-2-4-14(12)17-10/h5-8,10,12,14-15,17H,2-4,9H2,1H3. The minimum Gasteiger partial charge on any atom is -0.372 e. The average Bonchev–Trinajstić information content (AvgIpc) is 2.73. The van der Waals surface area contributed by atoms with Gasteiger partial charge in [-0.25, -0.2) is 0 Å². The highest BCUT2D eigenvalue weighted by Gasteiger charge is 2.35. The highest BCUT2D eigenvalue weighted by molar-refractivity contribution is 9.10. The van der Waals surface area contributed by atoms with Crippen molar-refractivity contribution in [2.45, 2.75) is 44.4 Å². The third kappa shape index (κ3) is 2.49. The van der Waals surface area contributed by atoms with Crippen molar-refractivity contribution in [2.75, 3.05) is 6.61 Å². The molecule has 3 heteroatoms. The van der Waals surface area contributed by atoms with E-state index in [9.17, 15) is 0 Å². The summed E-state index contributed by atoms with van der Waals surface area (Å²) in [5, 5.41) is 3.77. The number of hydrogen-bond donors (Lipinski definition) is 1. The highest BCUT2D eigenvalue weighted by Crippen LogP contribution is 2.33. The van der Waals surface area contributed by atoms with Crippen LogP contribution in [0.5, 0.6) is 0 Å². The molecule has 4 atom stereocenters. The predicted molar refractivity (Wildman–Crippen MR) is 76.6 cm³/mol. The van der Waals surface area contributed by atoms with Gasteiger partial charge in [0.15, 0.2) is 0 Å². The van der Waals surface area contributed by atoms with Crippen LogP contribution >= 0.6 is 15.9 Å². The van der Waals surface area contributed by atoms with Crippen molar-refractivity contribution in [3.63, 3.8) is 0 Å². The SMILES string of the molecule is CC1NC2CCCC2COC1c1ccc(Br)cc1. The van der Waals surface area contributed by atoms with Crippen molar-refractivity contribution in [2.24, 2.45) is 5.92 Å². The van der Waals surface area contributed by atoms with Crippen LogP contribution in [0, 0.1) is 5.92 Å². The first kappa shape index (κ1) is 12.6. The van der Waals surface area contributed by atoms with Crippen molar-refractivity contribution in [1.82, 2.24) is 5.32 Å². The maximum atomic E-state index is 6.18. The third-order valence-corrected chi connectivity index (χ3v) is 4.81. The molecule has 2 aliphatic rings. The van der Waals surface area contributed by atoms with Crippen LogP contribution in [0.15, 0.2) is 28.7 Å². The molecule has 98 valence electrons. The van der Waals surface area contributed by atoms with Gasteiger partial charge in [0.2, 0.25) is 0 Å². The number of ether oxygens (including phenoxy) is 1. The average molecular weight is 310 g/mol. The van der Waals surface area contributed by atoms with Gasteiger partial charge in [-0.2, -0.15) is 0 Å². The Bertz CT molecular complexity index is 405. The molecule has 1 saturated heterocycles. The zero-order valence-electron chi connectivity index (χ0n) is 10.7. The molecule has 0 spiro atoms. The first-order valence-corrected chi connectivity index (χ1v) is 7.66. The van der Waals surface area contributed by atoms with Crippen LogP contribution < -0.4 is 5.32 Å². The fourth-order valence-corrected chi connectivity index (χ4v) is 3.55. The zero-order valence-corrected chi connectivity index (χ0v) is 12.3. The Morgan fingerprint density at radius 1 is 1.22 bits per heavy atom. The van der Waals surface area contributed by atoms with Gasteiger partial charge >= 0.3 is 0 Å². The number of benzene rings is 1. The molecule has 1 heterocycles. The summed E-state index contributed by atoms with van der Waals surface area (Å²) in [6, 6.07) is 9.57. The Kier molecular flexibility index (Phi) is 3.73. The zero-order chi connectivity index (χ0) is 12.5. The number of hydrogen-bond acceptors (Lipinski definition) is 2. The lowest BCUT2D eigenvalue weighted by Crippen LogP contribution is -2.39. The van der Waals surface area contributed by atoms with E-state index in [2.05, 4.69) is 52.4 Å². The smallest absolute Gasteiger partial charge is 0.0975 e. The number of nitrogens with one attached hydrogen (secondary N) is 1. The summed E-state index contributed by atoms with van der Waals surface area (Å²) in [6.07, 6.45) is 4.16. The van der Waals surface area contributed by atoms with Crippen LogP contribution in [0.1, 0.15) is 37.9 Å². The van der Waals surface area contributed by atoms with E-state index in [0.717, 1.165) is 11.1 Å². The molecule has 2 fully saturated rings. The van der Waals surface area contributed by atoms with Crippen LogP contribution in [0.2, 0.25) is 0 Å². The molecule has 1 aromatic carbocycles. The van der Waals surface area contributed by atoms with Crippen LogP contribution in [-0.4, -0.2) is 18.7 Å². The van der Waals surface area contributed by atoms with Crippen LogP contribution in [-0.2, 0) is 4.74 Å². The number of fused-ring (bicyclic) bond motifs is 1. The second-order valence-corrected chi connectivity index (χ2v) is 6.47. The largest absolute Gasteiger partial charge is 0.372 e. The van der Waals surface area contributed by atoms with E-state index < -0.39 is 0 Å². The fraction of sp³-hybridized carbons (Fsp3) is 0.600. The van der Waals surface area contributed by atoms with Crippen LogP contribution in [0.3, 0.4) is 0 Å². The Morgan fingerprint density at radius 2 is 2.00 bits per heavy atom. The van der Waals surface area contributed by atoms with Crippen molar-refractivity contribution >= 4 is 15.9 Å². The van der Waals surface area contributed by atoms with E-state index in [-0.39, 0.29) is 6.10 Å². The molecule has 4 unspecified atom stereocenters. The van der Waals surface area contributed by atoms with E-state index in [1.807, 2.05) is 0 Å². The summed E-state index contributed by atoms with van der Waals surface area (Å²) in [4.78, 5) is 0. The Hall–Kier alpha value is -0.380. The van der Waals surface area contributed by atoms with Gasteiger partial charge < -0.3 is 10.1 Å². The monoisotopic (exact) mass is 309 g/mol. The number of halogens is 1. The quantitative estimate of drug-likeness (QED) is 0.854. The fourth-order valence-electron chi connectivity index (χ4n) is 3.29. The van der Waals surface area contributed by atoms with Gasteiger partial charge in [-0.1, -0.05) is 34.5 Å². The second kappa shape index (κ2) is 5.32. The molecule has 1 saturated carbocycles. The third-order valence-electron chi connectivity index (χ3n) is 4.28. The molecule has 1 aliphatic carbocycles. The van der Waals surface area contributed by atoms with Gasteiger partial charge in [0.1, 0.15) is 0 Å².